The summed E-state index contributed by atoms with van der Waals surface area (Å²) in [7, 11) is 0. The zero-order valence-corrected chi connectivity index (χ0v) is 11.1. The molecule has 0 saturated carbocycles. The third kappa shape index (κ3) is 2.51. The van der Waals surface area contributed by atoms with Gasteiger partial charge in [-0.05, 0) is 36.8 Å². The number of carbonyl (C=O) groups is 1. The van der Waals surface area contributed by atoms with Crippen molar-refractivity contribution in [1.82, 2.24) is 0 Å². The molecule has 0 bridgehead atoms. The maximum absolute atomic E-state index is 12.9. The van der Waals surface area contributed by atoms with E-state index in [4.69, 9.17) is 23.2 Å². The Kier molecular flexibility index (Phi) is 3.52. The molecule has 0 radical (unpaired) electrons. The summed E-state index contributed by atoms with van der Waals surface area (Å²) in [5, 5.41) is 0. The van der Waals surface area contributed by atoms with Crippen molar-refractivity contribution >= 4 is 40.3 Å². The van der Waals surface area contributed by atoms with Crippen LogP contribution in [0.15, 0.2) is 24.3 Å². The van der Waals surface area contributed by atoms with E-state index in [1.165, 1.54) is 24.3 Å². The fraction of sp³-hybridized carbons (Fsp3) is 0.0833. The maximum Gasteiger partial charge on any atom is 0.195 e. The lowest BCUT2D eigenvalue weighted by Gasteiger charge is -2.03. The molecule has 0 fully saturated rings. The highest BCUT2D eigenvalue weighted by atomic mass is 35.5. The molecule has 0 aliphatic carbocycles. The van der Waals surface area contributed by atoms with Crippen LogP contribution in [-0.4, -0.2) is 5.78 Å². The first kappa shape index (κ1) is 12.6. The molecule has 17 heavy (non-hydrogen) atoms. The van der Waals surface area contributed by atoms with E-state index in [-0.39, 0.29) is 11.6 Å². The smallest absolute Gasteiger partial charge is 0.195 e. The fourth-order valence-electron chi connectivity index (χ4n) is 1.52. The molecule has 0 unspecified atom stereocenters. The van der Waals surface area contributed by atoms with Crippen molar-refractivity contribution in [2.45, 2.75) is 6.92 Å². The average molecular weight is 289 g/mol. The van der Waals surface area contributed by atoms with Gasteiger partial charge < -0.3 is 0 Å². The van der Waals surface area contributed by atoms with Crippen LogP contribution in [0.4, 0.5) is 4.39 Å². The largest absolute Gasteiger partial charge is 0.289 e. The van der Waals surface area contributed by atoms with Gasteiger partial charge in [-0.1, -0.05) is 23.2 Å². The summed E-state index contributed by atoms with van der Waals surface area (Å²) in [6, 6.07) is 5.55. The topological polar surface area (TPSA) is 17.1 Å². The third-order valence-electron chi connectivity index (χ3n) is 2.33. The highest BCUT2D eigenvalue weighted by molar-refractivity contribution is 7.20. The van der Waals surface area contributed by atoms with Crippen molar-refractivity contribution in [3.63, 3.8) is 0 Å². The lowest BCUT2D eigenvalue weighted by molar-refractivity contribution is 0.103. The van der Waals surface area contributed by atoms with Gasteiger partial charge in [-0.15, -0.1) is 11.3 Å². The van der Waals surface area contributed by atoms with Crippen LogP contribution in [0.3, 0.4) is 0 Å². The van der Waals surface area contributed by atoms with E-state index in [1.807, 2.05) is 0 Å². The molecule has 1 aromatic heterocycles. The number of hydrogen-bond acceptors (Lipinski definition) is 2. The van der Waals surface area contributed by atoms with Crippen molar-refractivity contribution in [1.29, 1.82) is 0 Å². The summed E-state index contributed by atoms with van der Waals surface area (Å²) >= 11 is 12.8. The number of hydrogen-bond donors (Lipinski definition) is 0. The molecule has 1 aromatic carbocycles. The monoisotopic (exact) mass is 288 g/mol. The molecule has 0 spiro atoms. The Bertz CT molecular complexity index is 592. The van der Waals surface area contributed by atoms with E-state index in [0.717, 1.165) is 11.3 Å². The molecule has 5 heteroatoms. The predicted octanol–water partition coefficient (Wildman–Crippen LogP) is 4.73. The normalized spacial score (nSPS) is 10.6. The van der Waals surface area contributed by atoms with Crippen LogP contribution in [0.25, 0.3) is 0 Å². The molecular formula is C12H7Cl2FOS. The zero-order valence-electron chi connectivity index (χ0n) is 8.76. The highest BCUT2D eigenvalue weighted by Gasteiger charge is 2.17. The van der Waals surface area contributed by atoms with Crippen molar-refractivity contribution < 1.29 is 9.18 Å². The van der Waals surface area contributed by atoms with Gasteiger partial charge in [0.1, 0.15) is 10.2 Å². The second kappa shape index (κ2) is 4.77. The molecular weight excluding hydrogens is 282 g/mol. The van der Waals surface area contributed by atoms with Crippen molar-refractivity contribution in [3.8, 4) is 0 Å². The molecule has 1 nitrogen and oxygen atoms in total. The van der Waals surface area contributed by atoms with Crippen LogP contribution < -0.4 is 0 Å². The first-order valence-electron chi connectivity index (χ1n) is 4.74. The van der Waals surface area contributed by atoms with Gasteiger partial charge in [0.15, 0.2) is 5.78 Å². The van der Waals surface area contributed by atoms with Gasteiger partial charge in [-0.3, -0.25) is 4.79 Å². The van der Waals surface area contributed by atoms with E-state index in [2.05, 4.69) is 0 Å². The van der Waals surface area contributed by atoms with E-state index in [0.29, 0.717) is 25.4 Å². The van der Waals surface area contributed by atoms with Crippen LogP contribution in [-0.2, 0) is 0 Å². The van der Waals surface area contributed by atoms with Gasteiger partial charge in [0, 0.05) is 5.56 Å². The molecule has 2 aromatic rings. The molecule has 0 aliphatic heterocycles. The maximum atomic E-state index is 12.9. The Labute approximate surface area is 112 Å². The first-order valence-corrected chi connectivity index (χ1v) is 6.32. The minimum Gasteiger partial charge on any atom is -0.289 e. The van der Waals surface area contributed by atoms with Crippen LogP contribution in [0.1, 0.15) is 21.5 Å². The molecule has 0 N–H and O–H groups in total. The fourth-order valence-corrected chi connectivity index (χ4v) is 2.98. The first-order chi connectivity index (χ1) is 7.99. The minimum absolute atomic E-state index is 0.240. The lowest BCUT2D eigenvalue weighted by atomic mass is 10.0. The number of thiophene rings is 1. The summed E-state index contributed by atoms with van der Waals surface area (Å²) in [6.07, 6.45) is 0. The number of carbonyl (C=O) groups excluding carboxylic acids is 1. The number of ketones is 1. The third-order valence-corrected chi connectivity index (χ3v) is 3.82. The molecule has 0 atom stereocenters. The molecule has 0 aliphatic rings. The second-order valence-electron chi connectivity index (χ2n) is 3.53. The molecule has 1 heterocycles. The van der Waals surface area contributed by atoms with Crippen LogP contribution in [0.2, 0.25) is 8.67 Å². The predicted molar refractivity (Wildman–Crippen MR) is 68.9 cm³/mol. The summed E-state index contributed by atoms with van der Waals surface area (Å²) < 4.78 is 13.7. The highest BCUT2D eigenvalue weighted by Crippen LogP contribution is 2.33. The summed E-state index contributed by atoms with van der Waals surface area (Å²) in [5.41, 5.74) is 1.37. The zero-order chi connectivity index (χ0) is 12.6. The summed E-state index contributed by atoms with van der Waals surface area (Å²) in [4.78, 5) is 12.2. The summed E-state index contributed by atoms with van der Waals surface area (Å²) in [6.45, 7) is 1.68. The molecule has 0 amide bonds. The number of halogens is 3. The van der Waals surface area contributed by atoms with E-state index in [9.17, 15) is 9.18 Å². The Hall–Kier alpha value is -0.900. The standard InChI is InChI=1S/C12H7Cl2FOS/c1-6-4-7(15)2-3-8(6)11(16)9-5-10(13)17-12(9)14/h2-5H,1H3. The number of rotatable bonds is 2. The summed E-state index contributed by atoms with van der Waals surface area (Å²) in [5.74, 6) is -0.607. The Morgan fingerprint density at radius 2 is 1.94 bits per heavy atom. The number of aryl methyl sites for hydroxylation is 1. The van der Waals surface area contributed by atoms with E-state index < -0.39 is 0 Å². The van der Waals surface area contributed by atoms with Crippen molar-refractivity contribution in [2.24, 2.45) is 0 Å². The van der Waals surface area contributed by atoms with Crippen LogP contribution in [0, 0.1) is 12.7 Å². The van der Waals surface area contributed by atoms with E-state index in [1.54, 1.807) is 6.92 Å². The van der Waals surface area contributed by atoms with Gasteiger partial charge in [0.05, 0.1) is 9.90 Å². The molecule has 2 rings (SSSR count). The van der Waals surface area contributed by atoms with Crippen molar-refractivity contribution in [3.05, 3.63) is 55.4 Å². The lowest BCUT2D eigenvalue weighted by Crippen LogP contribution is -2.03. The van der Waals surface area contributed by atoms with Gasteiger partial charge in [0.25, 0.3) is 0 Å². The second-order valence-corrected chi connectivity index (χ2v) is 5.81. The van der Waals surface area contributed by atoms with Gasteiger partial charge >= 0.3 is 0 Å². The van der Waals surface area contributed by atoms with Gasteiger partial charge in [0.2, 0.25) is 0 Å². The van der Waals surface area contributed by atoms with Crippen LogP contribution in [0.5, 0.6) is 0 Å². The molecule has 0 saturated heterocycles. The Morgan fingerprint density at radius 1 is 1.24 bits per heavy atom. The number of benzene rings is 1. The quantitative estimate of drug-likeness (QED) is 0.730. The van der Waals surface area contributed by atoms with Crippen LogP contribution >= 0.6 is 34.5 Å². The Morgan fingerprint density at radius 3 is 2.47 bits per heavy atom. The minimum atomic E-state index is -0.367. The SMILES string of the molecule is Cc1cc(F)ccc1C(=O)c1cc(Cl)sc1Cl. The molecule has 88 valence electrons. The van der Waals surface area contributed by atoms with E-state index >= 15 is 0 Å². The Balaban J connectivity index is 2.47. The average Bonchev–Trinajstić information content (AvgIpc) is 2.57. The van der Waals surface area contributed by atoms with Gasteiger partial charge in [-0.2, -0.15) is 0 Å². The van der Waals surface area contributed by atoms with Crippen molar-refractivity contribution in [2.75, 3.05) is 0 Å². The van der Waals surface area contributed by atoms with Gasteiger partial charge in [-0.25, -0.2) is 4.39 Å².